The van der Waals surface area contributed by atoms with Crippen molar-refractivity contribution in [3.63, 3.8) is 0 Å². The summed E-state index contributed by atoms with van der Waals surface area (Å²) in [5.41, 5.74) is 5.72. The molecular formula is C11H15ClN2O4. The number of hydrogen-bond acceptors (Lipinski definition) is 5. The summed E-state index contributed by atoms with van der Waals surface area (Å²) in [6.07, 6.45) is 0. The Balaban J connectivity index is 0.00000289. The topological polar surface area (TPSA) is 102 Å². The largest absolute Gasteiger partial charge is 0.506 e. The molecule has 18 heavy (non-hydrogen) atoms. The van der Waals surface area contributed by atoms with Crippen LogP contribution in [0.2, 0.25) is 0 Å². The minimum absolute atomic E-state index is 0. The first-order valence-corrected chi connectivity index (χ1v) is 4.93. The van der Waals surface area contributed by atoms with Crippen molar-refractivity contribution in [1.82, 2.24) is 0 Å². The van der Waals surface area contributed by atoms with E-state index in [1.165, 1.54) is 32.2 Å². The second kappa shape index (κ2) is 6.83. The van der Waals surface area contributed by atoms with Crippen molar-refractivity contribution >= 4 is 30.0 Å². The molecule has 100 valence electrons. The number of rotatable bonds is 3. The first-order chi connectivity index (χ1) is 7.95. The third-order valence-corrected chi connectivity index (χ3v) is 2.09. The number of phenolic OH excluding ortho intramolecular Hbond substituents is 1. The van der Waals surface area contributed by atoms with Crippen molar-refractivity contribution in [1.29, 1.82) is 0 Å². The maximum atomic E-state index is 11.4. The molecule has 6 nitrogen and oxygen atoms in total. The van der Waals surface area contributed by atoms with E-state index in [0.29, 0.717) is 0 Å². The number of ether oxygens (including phenoxy) is 1. The number of nitrogens with two attached hydrogens (primary N) is 1. The predicted octanol–water partition coefficient (Wildman–Crippen LogP) is 0.886. The normalized spacial score (nSPS) is 11.1. The molecule has 0 heterocycles. The van der Waals surface area contributed by atoms with Crippen LogP contribution in [-0.4, -0.2) is 30.1 Å². The van der Waals surface area contributed by atoms with Gasteiger partial charge in [-0.25, -0.2) is 4.79 Å². The first-order valence-electron chi connectivity index (χ1n) is 4.93. The van der Waals surface area contributed by atoms with Crippen molar-refractivity contribution in [2.75, 3.05) is 12.4 Å². The Morgan fingerprint density at radius 1 is 1.44 bits per heavy atom. The SMILES string of the molecule is COC(=O)c1ccc(O)c(NC(=O)[C@H](C)N)c1.Cl. The lowest BCUT2D eigenvalue weighted by Gasteiger charge is -2.10. The Hall–Kier alpha value is -1.79. The maximum Gasteiger partial charge on any atom is 0.337 e. The highest BCUT2D eigenvalue weighted by Gasteiger charge is 2.13. The second-order valence-corrected chi connectivity index (χ2v) is 3.50. The molecule has 0 spiro atoms. The van der Waals surface area contributed by atoms with E-state index in [2.05, 4.69) is 10.1 Å². The molecule has 0 aliphatic rings. The van der Waals surface area contributed by atoms with Crippen molar-refractivity contribution in [2.45, 2.75) is 13.0 Å². The van der Waals surface area contributed by atoms with E-state index in [4.69, 9.17) is 5.73 Å². The molecule has 0 saturated carbocycles. The van der Waals surface area contributed by atoms with Crippen LogP contribution in [0.3, 0.4) is 0 Å². The van der Waals surface area contributed by atoms with Gasteiger partial charge in [-0.15, -0.1) is 12.4 Å². The van der Waals surface area contributed by atoms with Gasteiger partial charge in [-0.2, -0.15) is 0 Å². The molecule has 0 saturated heterocycles. The summed E-state index contributed by atoms with van der Waals surface area (Å²) in [5.74, 6) is -1.16. The van der Waals surface area contributed by atoms with Crippen LogP contribution in [0.4, 0.5) is 5.69 Å². The number of hydrogen-bond donors (Lipinski definition) is 3. The van der Waals surface area contributed by atoms with Gasteiger partial charge in [0.2, 0.25) is 5.91 Å². The van der Waals surface area contributed by atoms with Gasteiger partial charge in [0, 0.05) is 0 Å². The van der Waals surface area contributed by atoms with E-state index in [1.54, 1.807) is 0 Å². The third-order valence-electron chi connectivity index (χ3n) is 2.09. The molecule has 1 rings (SSSR count). The van der Waals surface area contributed by atoms with Crippen LogP contribution >= 0.6 is 12.4 Å². The number of amides is 1. The van der Waals surface area contributed by atoms with Gasteiger partial charge in [0.1, 0.15) is 5.75 Å². The van der Waals surface area contributed by atoms with Crippen LogP contribution in [0.25, 0.3) is 0 Å². The standard InChI is InChI=1S/C11H14N2O4.ClH/c1-6(12)10(15)13-8-5-7(11(16)17-2)3-4-9(8)14;/h3-6,14H,12H2,1-2H3,(H,13,15);1H/t6-;/m0./s1. The van der Waals surface area contributed by atoms with Crippen LogP contribution in [-0.2, 0) is 9.53 Å². The van der Waals surface area contributed by atoms with Gasteiger partial charge in [-0.1, -0.05) is 0 Å². The van der Waals surface area contributed by atoms with E-state index in [1.807, 2.05) is 0 Å². The molecule has 1 aromatic rings. The fourth-order valence-electron chi connectivity index (χ4n) is 1.13. The summed E-state index contributed by atoms with van der Waals surface area (Å²) < 4.78 is 4.53. The summed E-state index contributed by atoms with van der Waals surface area (Å²) in [6, 6.07) is 3.30. The monoisotopic (exact) mass is 274 g/mol. The Morgan fingerprint density at radius 3 is 2.56 bits per heavy atom. The van der Waals surface area contributed by atoms with Crippen molar-refractivity contribution < 1.29 is 19.4 Å². The lowest BCUT2D eigenvalue weighted by molar-refractivity contribution is -0.117. The number of methoxy groups -OCH3 is 1. The van der Waals surface area contributed by atoms with Crippen LogP contribution in [0, 0.1) is 0 Å². The molecule has 1 atom stereocenters. The summed E-state index contributed by atoms with van der Waals surface area (Å²) >= 11 is 0. The van der Waals surface area contributed by atoms with E-state index in [-0.39, 0.29) is 29.4 Å². The highest BCUT2D eigenvalue weighted by atomic mass is 35.5. The van der Waals surface area contributed by atoms with Gasteiger partial charge < -0.3 is 20.9 Å². The Bertz CT molecular complexity index is 449. The molecule has 0 unspecified atom stereocenters. The second-order valence-electron chi connectivity index (χ2n) is 3.50. The number of carbonyl (C=O) groups is 2. The zero-order valence-corrected chi connectivity index (χ0v) is 10.8. The summed E-state index contributed by atoms with van der Waals surface area (Å²) in [4.78, 5) is 22.6. The lowest BCUT2D eigenvalue weighted by atomic mass is 10.2. The van der Waals surface area contributed by atoms with Gasteiger partial charge in [-0.05, 0) is 25.1 Å². The third kappa shape index (κ3) is 3.90. The number of halogens is 1. The molecule has 0 fully saturated rings. The maximum absolute atomic E-state index is 11.4. The van der Waals surface area contributed by atoms with E-state index in [0.717, 1.165) is 0 Å². The minimum atomic E-state index is -0.712. The van der Waals surface area contributed by atoms with Gasteiger partial charge in [0.15, 0.2) is 0 Å². The molecule has 0 aromatic heterocycles. The molecule has 0 aliphatic heterocycles. The van der Waals surface area contributed by atoms with Gasteiger partial charge in [-0.3, -0.25) is 4.79 Å². The zero-order valence-electron chi connectivity index (χ0n) is 9.97. The van der Waals surface area contributed by atoms with E-state index >= 15 is 0 Å². The first kappa shape index (κ1) is 16.2. The van der Waals surface area contributed by atoms with Crippen LogP contribution in [0.1, 0.15) is 17.3 Å². The van der Waals surface area contributed by atoms with Gasteiger partial charge in [0.05, 0.1) is 24.4 Å². The fraction of sp³-hybridized carbons (Fsp3) is 0.273. The molecular weight excluding hydrogens is 260 g/mol. The number of benzene rings is 1. The van der Waals surface area contributed by atoms with Crippen LogP contribution < -0.4 is 11.1 Å². The predicted molar refractivity (Wildman–Crippen MR) is 69.0 cm³/mol. The summed E-state index contributed by atoms with van der Waals surface area (Å²) in [5, 5.41) is 11.9. The van der Waals surface area contributed by atoms with Crippen molar-refractivity contribution in [3.8, 4) is 5.75 Å². The Morgan fingerprint density at radius 2 is 2.06 bits per heavy atom. The van der Waals surface area contributed by atoms with Gasteiger partial charge >= 0.3 is 5.97 Å². The molecule has 0 aliphatic carbocycles. The smallest absolute Gasteiger partial charge is 0.337 e. The van der Waals surface area contributed by atoms with E-state index < -0.39 is 17.9 Å². The number of anilines is 1. The average Bonchev–Trinajstić information content (AvgIpc) is 2.30. The van der Waals surface area contributed by atoms with Crippen LogP contribution in [0.5, 0.6) is 5.75 Å². The molecule has 0 radical (unpaired) electrons. The molecule has 0 bridgehead atoms. The summed E-state index contributed by atoms with van der Waals surface area (Å²) in [6.45, 7) is 1.51. The highest BCUT2D eigenvalue weighted by Crippen LogP contribution is 2.24. The number of phenols is 1. The number of nitrogens with one attached hydrogen (secondary N) is 1. The van der Waals surface area contributed by atoms with Crippen molar-refractivity contribution in [3.05, 3.63) is 23.8 Å². The number of carbonyl (C=O) groups excluding carboxylic acids is 2. The van der Waals surface area contributed by atoms with Crippen molar-refractivity contribution in [2.24, 2.45) is 5.73 Å². The minimum Gasteiger partial charge on any atom is -0.506 e. The molecule has 1 amide bonds. The van der Waals surface area contributed by atoms with Crippen LogP contribution in [0.15, 0.2) is 18.2 Å². The molecule has 1 aromatic carbocycles. The number of aromatic hydroxyl groups is 1. The number of esters is 1. The fourth-order valence-corrected chi connectivity index (χ4v) is 1.13. The zero-order chi connectivity index (χ0) is 13.0. The van der Waals surface area contributed by atoms with Gasteiger partial charge in [0.25, 0.3) is 0 Å². The highest BCUT2D eigenvalue weighted by molar-refractivity contribution is 5.98. The molecule has 7 heteroatoms. The lowest BCUT2D eigenvalue weighted by Crippen LogP contribution is -2.32. The molecule has 4 N–H and O–H groups in total. The Labute approximate surface area is 111 Å². The summed E-state index contributed by atoms with van der Waals surface area (Å²) in [7, 11) is 1.25. The van der Waals surface area contributed by atoms with E-state index in [9.17, 15) is 14.7 Å². The average molecular weight is 275 g/mol. The quantitative estimate of drug-likeness (QED) is 0.561. The Kier molecular flexibility index (Phi) is 6.15.